The van der Waals surface area contributed by atoms with Crippen molar-refractivity contribution in [3.05, 3.63) is 0 Å². The maximum atomic E-state index is 11.0. The number of aliphatic hydroxyl groups excluding tert-OH is 20. The zero-order valence-electron chi connectivity index (χ0n) is 77.9. The van der Waals surface area contributed by atoms with Crippen molar-refractivity contribution in [2.45, 2.75) is 97.7 Å². The largest absolute Gasteiger partial charge is 3.00 e. The fraction of sp³-hybridized carbons (Fsp3) is 0.842. The first-order chi connectivity index (χ1) is 63.6. The van der Waals surface area contributed by atoms with Crippen LogP contribution in [0.1, 0.15) is 0 Å². The van der Waals surface area contributed by atoms with E-state index in [1.54, 1.807) is 28.2 Å². The number of carbonyl (C=O) groups excluding carboxylic acids is 12. The van der Waals surface area contributed by atoms with Gasteiger partial charge in [0.1, 0.15) is 73.2 Å². The fourth-order valence-corrected chi connectivity index (χ4v) is 12.4. The second-order valence-electron chi connectivity index (χ2n) is 31.2. The SMILES string of the molecule is CNC[C@H](O)[C@@H](O)[C@H](O)[C@H](O)CO.CNC[C@H](O)[C@@H](O)[C@H](O)[C@H](O)CO.CNC[C@H](O)[C@@H](O)[C@H](O)[C@H](O)CO.CNC[C@H](O)[C@@H](O)[C@H](O)[C@H](O)CO.O=C([O-])CN1CCN(CC(=O)[O-])CCN(CC(=O)[O-])CCN(CC(=O)[O-])CC1.O=C([O-])CN1CCN(CC(=O)[O-])CCN(CC(=O)[O-])CCN(CC(=O)[O-])CC1.O=C([O-])CN1CCN(CC(=O)[O-])CCN(CC(=O)[O-])CCN(CC(=O)[O-])CC1.[Gd+3].[Gd+3].[Gd+3].[Gd+3]. The zero-order chi connectivity index (χ0) is 105. The summed E-state index contributed by atoms with van der Waals surface area (Å²) < 4.78 is 0. The molecule has 0 bridgehead atoms. The van der Waals surface area contributed by atoms with Crippen LogP contribution < -0.4 is 82.5 Å². The van der Waals surface area contributed by atoms with Crippen LogP contribution in [0.3, 0.4) is 0 Å². The van der Waals surface area contributed by atoms with Gasteiger partial charge in [-0.1, -0.05) is 0 Å². The molecule has 3 aliphatic heterocycles. The molecule has 16 atom stereocenters. The molecule has 0 aromatic rings. The average Bonchev–Trinajstić information content (AvgIpc) is 0.925. The third-order valence-electron chi connectivity index (χ3n) is 20.0. The van der Waals surface area contributed by atoms with Crippen molar-refractivity contribution in [3.8, 4) is 0 Å². The molecule has 0 spiro atoms. The first-order valence-corrected chi connectivity index (χ1v) is 42.6. The van der Waals surface area contributed by atoms with Crippen molar-refractivity contribution in [2.75, 3.05) is 316 Å². The molecule has 0 amide bonds. The van der Waals surface area contributed by atoms with E-state index in [4.69, 9.17) is 81.7 Å². The summed E-state index contributed by atoms with van der Waals surface area (Å²) in [6, 6.07) is 0. The molecule has 60 nitrogen and oxygen atoms in total. The molecule has 140 heavy (non-hydrogen) atoms. The Morgan fingerprint density at radius 3 is 0.307 bits per heavy atom. The normalized spacial score (nSPS) is 19.4. The Bertz CT molecular complexity index is 2610. The predicted octanol–water partition coefficient (Wildman–Crippen LogP) is -36.8. The van der Waals surface area contributed by atoms with E-state index in [0.29, 0.717) is 0 Å². The van der Waals surface area contributed by atoms with Gasteiger partial charge in [-0.05, 0) is 28.2 Å². The van der Waals surface area contributed by atoms with Crippen LogP contribution in [0, 0.1) is 160 Å². The molecular weight excluding hydrogens is 2470 g/mol. The van der Waals surface area contributed by atoms with Crippen molar-refractivity contribution in [1.82, 2.24) is 80.1 Å². The number of carboxylic acids is 12. The molecule has 3 fully saturated rings. The zero-order valence-corrected chi connectivity index (χ0v) is 86.9. The third kappa shape index (κ3) is 81.4. The Morgan fingerprint density at radius 2 is 0.250 bits per heavy atom. The number of likely N-dealkylation sites (N-methyl/N-ethyl adjacent to an activating group) is 4. The van der Waals surface area contributed by atoms with Crippen LogP contribution in [0.15, 0.2) is 0 Å². The summed E-state index contributed by atoms with van der Waals surface area (Å²) in [5.41, 5.74) is 0. The van der Waals surface area contributed by atoms with E-state index in [1.807, 2.05) is 0 Å². The van der Waals surface area contributed by atoms with Gasteiger partial charge in [0, 0.05) is 262 Å². The van der Waals surface area contributed by atoms with Gasteiger partial charge in [0.25, 0.3) is 0 Å². The van der Waals surface area contributed by atoms with E-state index in [1.165, 1.54) is 58.8 Å². The summed E-state index contributed by atoms with van der Waals surface area (Å²) in [5, 5.41) is 321. The van der Waals surface area contributed by atoms with Crippen LogP contribution in [0.2, 0.25) is 0 Å². The summed E-state index contributed by atoms with van der Waals surface area (Å²) in [5.74, 6) is -15.6. The number of nitrogens with one attached hydrogen (secondary N) is 4. The number of carboxylic acid groups (broad SMARTS) is 12. The monoisotopic (exact) mass is 2610 g/mol. The number of carbonyl (C=O) groups is 12. The molecule has 3 rings (SSSR count). The topological polar surface area (TPSA) is 973 Å². The Balaban J connectivity index is -0.000000248. The van der Waals surface area contributed by atoms with Gasteiger partial charge in [-0.2, -0.15) is 0 Å². The second kappa shape index (κ2) is 91.5. The first-order valence-electron chi connectivity index (χ1n) is 42.6. The molecule has 64 heteroatoms. The summed E-state index contributed by atoms with van der Waals surface area (Å²) in [6.45, 7) is -1.81. The Labute approximate surface area is 937 Å². The van der Waals surface area contributed by atoms with Gasteiger partial charge in [0.15, 0.2) is 0 Å². The fourth-order valence-electron chi connectivity index (χ4n) is 12.4. The summed E-state index contributed by atoms with van der Waals surface area (Å²) in [7, 11) is 6.30. The molecule has 3 aliphatic rings. The number of hydrogen-bond donors (Lipinski definition) is 24. The molecule has 0 unspecified atom stereocenters. The Kier molecular flexibility index (Phi) is 99.8. The van der Waals surface area contributed by atoms with E-state index in [9.17, 15) is 139 Å². The summed E-state index contributed by atoms with van der Waals surface area (Å²) in [4.78, 5) is 150. The van der Waals surface area contributed by atoms with Crippen molar-refractivity contribution in [2.24, 2.45) is 0 Å². The van der Waals surface area contributed by atoms with E-state index < -0.39 is 196 Å². The predicted molar refractivity (Wildman–Crippen MR) is 438 cm³/mol. The minimum absolute atomic E-state index is 0. The molecule has 0 saturated carbocycles. The standard InChI is InChI=1S/3C16H28N4O8.4C7H17NO5.4Gd/c3*21-13(22)9-17-1-2-18(10-14(23)24)5-6-20(12-16(27)28)8-7-19(4-3-17)11-15(25)26;4*1-8-2-4(10)6(12)7(13)5(11)3-9;;;;/h3*1-12H2,(H,21,22)(H,23,24)(H,25,26)(H,27,28);4*4-13H,2-3H2,1H3;;;;/q;;;;;;;4*+3/p-12/t;;;4*4-,5+,6+,7+;;;;/m...0000..../s1. The van der Waals surface area contributed by atoms with Crippen LogP contribution in [-0.2, 0) is 57.5 Å². The molecule has 4 radical (unpaired) electrons. The summed E-state index contributed by atoms with van der Waals surface area (Å²) >= 11 is 0. The van der Waals surface area contributed by atoms with E-state index in [-0.39, 0.29) is 422 Å². The second-order valence-corrected chi connectivity index (χ2v) is 31.2. The molecule has 0 aromatic heterocycles. The quantitative estimate of drug-likeness (QED) is 0.0269. The molecular formula is C76H140Gd4N16O44. The van der Waals surface area contributed by atoms with Crippen LogP contribution in [-0.4, -0.2) is 647 Å². The van der Waals surface area contributed by atoms with Gasteiger partial charge in [0.2, 0.25) is 0 Å². The van der Waals surface area contributed by atoms with Crippen LogP contribution in [0.5, 0.6) is 0 Å². The summed E-state index contributed by atoms with van der Waals surface area (Å²) in [6.07, 6.45) is -22.6. The van der Waals surface area contributed by atoms with Gasteiger partial charge < -0.3 is 242 Å². The average molecular weight is 2610 g/mol. The smallest absolute Gasteiger partial charge is 0.549 e. The maximum absolute atomic E-state index is 11.0. The molecule has 0 aromatic carbocycles. The van der Waals surface area contributed by atoms with Crippen molar-refractivity contribution in [1.29, 1.82) is 0 Å². The Hall–Kier alpha value is -2.50. The van der Waals surface area contributed by atoms with Gasteiger partial charge >= 0.3 is 160 Å². The van der Waals surface area contributed by atoms with Gasteiger partial charge in [-0.15, -0.1) is 0 Å². The first kappa shape index (κ1) is 153. The molecule has 0 aliphatic carbocycles. The third-order valence-corrected chi connectivity index (χ3v) is 20.0. The molecule has 3 heterocycles. The number of hydrogen-bond acceptors (Lipinski definition) is 60. The van der Waals surface area contributed by atoms with E-state index in [0.717, 1.165) is 0 Å². The van der Waals surface area contributed by atoms with Crippen molar-refractivity contribution < 1.29 is 381 Å². The minimum atomic E-state index is -1.55. The van der Waals surface area contributed by atoms with Gasteiger partial charge in [-0.3, -0.25) is 58.8 Å². The van der Waals surface area contributed by atoms with E-state index in [2.05, 4.69) is 21.3 Å². The van der Waals surface area contributed by atoms with Crippen LogP contribution >= 0.6 is 0 Å². The van der Waals surface area contributed by atoms with Gasteiger partial charge in [-0.25, -0.2) is 0 Å². The minimum Gasteiger partial charge on any atom is -0.549 e. The van der Waals surface area contributed by atoms with Gasteiger partial charge in [0.05, 0.1) is 122 Å². The maximum Gasteiger partial charge on any atom is 3.00 e. The molecule has 3 saturated heterocycles. The number of rotatable bonds is 48. The van der Waals surface area contributed by atoms with Crippen LogP contribution in [0.25, 0.3) is 0 Å². The number of aliphatic hydroxyl groups is 20. The number of nitrogens with zero attached hydrogens (tertiary/aromatic N) is 12. The van der Waals surface area contributed by atoms with E-state index >= 15 is 0 Å². The molecule has 820 valence electrons. The van der Waals surface area contributed by atoms with Crippen LogP contribution in [0.4, 0.5) is 0 Å². The van der Waals surface area contributed by atoms with Crippen molar-refractivity contribution >= 4 is 71.6 Å². The van der Waals surface area contributed by atoms with Crippen molar-refractivity contribution in [3.63, 3.8) is 0 Å². The molecule has 24 N–H and O–H groups in total. The number of aliphatic carboxylic acids is 12. The Morgan fingerprint density at radius 1 is 0.179 bits per heavy atom.